The molecule has 20 heavy (non-hydrogen) atoms. The third-order valence-electron chi connectivity index (χ3n) is 2.84. The number of ether oxygens (including phenoxy) is 1. The van der Waals surface area contributed by atoms with Gasteiger partial charge >= 0.3 is 0 Å². The van der Waals surface area contributed by atoms with Crippen molar-refractivity contribution in [3.63, 3.8) is 0 Å². The van der Waals surface area contributed by atoms with Crippen molar-refractivity contribution in [2.24, 2.45) is 0 Å². The van der Waals surface area contributed by atoms with Crippen molar-refractivity contribution in [2.75, 3.05) is 26.8 Å². The standard InChI is InChI=1S/C13H24N2O3S2/c1-5-14-10-12-6-7-13(19-12)20(16,17)15(11(2)3)8-9-18-4/h6-7,11,14H,5,8-10H2,1-4H3. The van der Waals surface area contributed by atoms with Gasteiger partial charge in [-0.25, -0.2) is 8.42 Å². The lowest BCUT2D eigenvalue weighted by Gasteiger charge is -2.24. The Morgan fingerprint density at radius 3 is 2.65 bits per heavy atom. The molecule has 0 amide bonds. The van der Waals surface area contributed by atoms with Gasteiger partial charge in [0.05, 0.1) is 6.61 Å². The maximum absolute atomic E-state index is 12.6. The van der Waals surface area contributed by atoms with Crippen LogP contribution in [0.5, 0.6) is 0 Å². The lowest BCUT2D eigenvalue weighted by Crippen LogP contribution is -2.38. The van der Waals surface area contributed by atoms with E-state index < -0.39 is 10.0 Å². The Kier molecular flexibility index (Phi) is 7.11. The van der Waals surface area contributed by atoms with Crippen LogP contribution in [-0.4, -0.2) is 45.6 Å². The van der Waals surface area contributed by atoms with Gasteiger partial charge in [0.2, 0.25) is 0 Å². The van der Waals surface area contributed by atoms with Gasteiger partial charge in [0.1, 0.15) is 4.21 Å². The highest BCUT2D eigenvalue weighted by molar-refractivity contribution is 7.91. The summed E-state index contributed by atoms with van der Waals surface area (Å²) in [6.45, 7) is 8.11. The molecule has 1 rings (SSSR count). The van der Waals surface area contributed by atoms with Crippen LogP contribution in [0.1, 0.15) is 25.6 Å². The minimum atomic E-state index is -3.43. The number of methoxy groups -OCH3 is 1. The van der Waals surface area contributed by atoms with Gasteiger partial charge in [-0.15, -0.1) is 11.3 Å². The third-order valence-corrected chi connectivity index (χ3v) is 6.47. The van der Waals surface area contributed by atoms with Gasteiger partial charge in [0.15, 0.2) is 0 Å². The molecule has 0 saturated carbocycles. The van der Waals surface area contributed by atoms with Crippen molar-refractivity contribution in [2.45, 2.75) is 37.6 Å². The van der Waals surface area contributed by atoms with E-state index in [1.54, 1.807) is 13.2 Å². The predicted octanol–water partition coefficient (Wildman–Crippen LogP) is 1.90. The Labute approximate surface area is 126 Å². The average molecular weight is 320 g/mol. The number of sulfonamides is 1. The molecule has 1 aromatic rings. The molecule has 116 valence electrons. The van der Waals surface area contributed by atoms with E-state index in [0.29, 0.717) is 23.9 Å². The fourth-order valence-corrected chi connectivity index (χ4v) is 4.87. The third kappa shape index (κ3) is 4.53. The summed E-state index contributed by atoms with van der Waals surface area (Å²) in [6, 6.07) is 3.47. The molecule has 1 aromatic heterocycles. The summed E-state index contributed by atoms with van der Waals surface area (Å²) >= 11 is 1.33. The first kappa shape index (κ1) is 17.6. The molecule has 7 heteroatoms. The summed E-state index contributed by atoms with van der Waals surface area (Å²) in [4.78, 5) is 1.03. The maximum Gasteiger partial charge on any atom is 0.252 e. The first-order valence-electron chi connectivity index (χ1n) is 6.73. The molecule has 0 unspecified atom stereocenters. The molecule has 0 radical (unpaired) electrons. The lowest BCUT2D eigenvalue weighted by molar-refractivity contribution is 0.171. The predicted molar refractivity (Wildman–Crippen MR) is 82.6 cm³/mol. The summed E-state index contributed by atoms with van der Waals surface area (Å²) in [7, 11) is -1.86. The topological polar surface area (TPSA) is 58.6 Å². The second-order valence-corrected chi connectivity index (χ2v) is 7.99. The Hall–Kier alpha value is -0.470. The first-order chi connectivity index (χ1) is 9.43. The highest BCUT2D eigenvalue weighted by atomic mass is 32.2. The van der Waals surface area contributed by atoms with Gasteiger partial charge in [-0.1, -0.05) is 6.92 Å². The zero-order chi connectivity index (χ0) is 15.2. The molecule has 0 bridgehead atoms. The van der Waals surface area contributed by atoms with Crippen molar-refractivity contribution in [1.82, 2.24) is 9.62 Å². The van der Waals surface area contributed by atoms with Crippen LogP contribution in [0.4, 0.5) is 0 Å². The SMILES string of the molecule is CCNCc1ccc(S(=O)(=O)N(CCOC)C(C)C)s1. The van der Waals surface area contributed by atoms with Crippen molar-refractivity contribution in [3.8, 4) is 0 Å². The van der Waals surface area contributed by atoms with E-state index in [1.165, 1.54) is 15.6 Å². The van der Waals surface area contributed by atoms with E-state index in [4.69, 9.17) is 4.74 Å². The molecule has 0 aliphatic carbocycles. The maximum atomic E-state index is 12.6. The average Bonchev–Trinajstić information content (AvgIpc) is 2.85. The molecule has 0 aliphatic heterocycles. The van der Waals surface area contributed by atoms with Crippen LogP contribution in [0.25, 0.3) is 0 Å². The number of nitrogens with one attached hydrogen (secondary N) is 1. The minimum absolute atomic E-state index is 0.0885. The number of rotatable bonds is 9. The Bertz CT molecular complexity index is 497. The normalized spacial score (nSPS) is 12.5. The highest BCUT2D eigenvalue weighted by Gasteiger charge is 2.28. The van der Waals surface area contributed by atoms with E-state index in [1.807, 2.05) is 26.8 Å². The first-order valence-corrected chi connectivity index (χ1v) is 8.99. The molecule has 0 aliphatic rings. The smallest absolute Gasteiger partial charge is 0.252 e. The van der Waals surface area contributed by atoms with E-state index in [-0.39, 0.29) is 6.04 Å². The zero-order valence-electron chi connectivity index (χ0n) is 12.5. The van der Waals surface area contributed by atoms with Crippen LogP contribution in [-0.2, 0) is 21.3 Å². The summed E-state index contributed by atoms with van der Waals surface area (Å²) in [5.74, 6) is 0. The van der Waals surface area contributed by atoms with Gasteiger partial charge in [0, 0.05) is 31.1 Å². The second kappa shape index (κ2) is 8.09. The molecule has 0 aromatic carbocycles. The van der Waals surface area contributed by atoms with Gasteiger partial charge < -0.3 is 10.1 Å². The summed E-state index contributed by atoms with van der Waals surface area (Å²) in [5, 5.41) is 3.20. The van der Waals surface area contributed by atoms with E-state index >= 15 is 0 Å². The molecular weight excluding hydrogens is 296 g/mol. The van der Waals surface area contributed by atoms with Gasteiger partial charge in [0.25, 0.3) is 10.0 Å². The Balaban J connectivity index is 2.91. The molecule has 1 N–H and O–H groups in total. The molecule has 0 saturated heterocycles. The summed E-state index contributed by atoms with van der Waals surface area (Å²) in [6.07, 6.45) is 0. The van der Waals surface area contributed by atoms with Crippen LogP contribution in [0.3, 0.4) is 0 Å². The van der Waals surface area contributed by atoms with E-state index in [0.717, 1.165) is 11.4 Å². The number of hydrogen-bond acceptors (Lipinski definition) is 5. The van der Waals surface area contributed by atoms with Crippen LogP contribution in [0.2, 0.25) is 0 Å². The number of nitrogens with zero attached hydrogens (tertiary/aromatic N) is 1. The van der Waals surface area contributed by atoms with Crippen molar-refractivity contribution < 1.29 is 13.2 Å². The Morgan fingerprint density at radius 1 is 1.40 bits per heavy atom. The summed E-state index contributed by atoms with van der Waals surface area (Å²) < 4.78 is 32.1. The highest BCUT2D eigenvalue weighted by Crippen LogP contribution is 2.26. The fraction of sp³-hybridized carbons (Fsp3) is 0.692. The van der Waals surface area contributed by atoms with Crippen LogP contribution >= 0.6 is 11.3 Å². The molecular formula is C13H24N2O3S2. The van der Waals surface area contributed by atoms with Gasteiger partial charge in [-0.3, -0.25) is 0 Å². The van der Waals surface area contributed by atoms with Crippen molar-refractivity contribution in [3.05, 3.63) is 17.0 Å². The van der Waals surface area contributed by atoms with E-state index in [9.17, 15) is 8.42 Å². The monoisotopic (exact) mass is 320 g/mol. The van der Waals surface area contributed by atoms with Crippen LogP contribution < -0.4 is 5.32 Å². The van der Waals surface area contributed by atoms with Gasteiger partial charge in [-0.05, 0) is 32.5 Å². The quantitative estimate of drug-likeness (QED) is 0.755. The summed E-state index contributed by atoms with van der Waals surface area (Å²) in [5.41, 5.74) is 0. The number of hydrogen-bond donors (Lipinski definition) is 1. The zero-order valence-corrected chi connectivity index (χ0v) is 14.2. The Morgan fingerprint density at radius 2 is 2.10 bits per heavy atom. The van der Waals surface area contributed by atoms with Crippen molar-refractivity contribution in [1.29, 1.82) is 0 Å². The largest absolute Gasteiger partial charge is 0.383 e. The van der Waals surface area contributed by atoms with Crippen LogP contribution in [0, 0.1) is 0 Å². The molecule has 0 spiro atoms. The fourth-order valence-electron chi connectivity index (χ4n) is 1.79. The van der Waals surface area contributed by atoms with E-state index in [2.05, 4.69) is 5.32 Å². The minimum Gasteiger partial charge on any atom is -0.383 e. The molecule has 0 fully saturated rings. The molecule has 5 nitrogen and oxygen atoms in total. The molecule has 1 heterocycles. The van der Waals surface area contributed by atoms with Crippen LogP contribution in [0.15, 0.2) is 16.3 Å². The molecule has 0 atom stereocenters. The van der Waals surface area contributed by atoms with Gasteiger partial charge in [-0.2, -0.15) is 4.31 Å². The van der Waals surface area contributed by atoms with Crippen molar-refractivity contribution >= 4 is 21.4 Å². The lowest BCUT2D eigenvalue weighted by atomic mass is 10.4. The number of thiophene rings is 1. The second-order valence-electron chi connectivity index (χ2n) is 4.70.